The minimum absolute atomic E-state index is 0.0436. The van der Waals surface area contributed by atoms with Gasteiger partial charge in [0.1, 0.15) is 22.9 Å². The third kappa shape index (κ3) is 4.57. The Morgan fingerprint density at radius 2 is 1.97 bits per heavy atom. The quantitative estimate of drug-likeness (QED) is 0.446. The number of primary amides is 1. The minimum atomic E-state index is -0.696. The average Bonchev–Trinajstić information content (AvgIpc) is 3.28. The maximum Gasteiger partial charge on any atom is 0.258 e. The van der Waals surface area contributed by atoms with Crippen LogP contribution in [0, 0.1) is 0 Å². The second kappa shape index (κ2) is 8.99. The molecule has 1 aliphatic heterocycles. The van der Waals surface area contributed by atoms with Gasteiger partial charge in [0, 0.05) is 11.4 Å². The highest BCUT2D eigenvalue weighted by atomic mass is 16.5. The number of para-hydroxylation sites is 1. The lowest BCUT2D eigenvalue weighted by molar-refractivity contribution is -0.123. The first-order chi connectivity index (χ1) is 15.0. The fraction of sp³-hybridized carbons (Fsp3) is 0.227. The van der Waals surface area contributed by atoms with Crippen molar-refractivity contribution in [3.8, 4) is 5.75 Å². The van der Waals surface area contributed by atoms with Gasteiger partial charge >= 0.3 is 0 Å². The summed E-state index contributed by atoms with van der Waals surface area (Å²) in [6, 6.07) is 15.9. The molecule has 0 saturated carbocycles. The Morgan fingerprint density at radius 1 is 1.19 bits per heavy atom. The standard InChI is InChI=1S/C22H23N5O4/c1-2-30-15-9-7-13(8-10-15)17-12-18(25-24-17)21(29)26-27-22-16(20(23)28)11-14-5-3-4-6-19(14)31-22/h3-11,17-18,24-25H,2,12H2,1H3,(H2,23,28)(H,26,29)/b27-22-. The summed E-state index contributed by atoms with van der Waals surface area (Å²) in [6.45, 7) is 2.54. The summed E-state index contributed by atoms with van der Waals surface area (Å²) in [5, 5.41) is 4.71. The first-order valence-corrected chi connectivity index (χ1v) is 9.95. The highest BCUT2D eigenvalue weighted by Gasteiger charge is 2.30. The molecule has 1 fully saturated rings. The highest BCUT2D eigenvalue weighted by Crippen LogP contribution is 2.24. The summed E-state index contributed by atoms with van der Waals surface area (Å²) in [5.41, 5.74) is 15.6. The lowest BCUT2D eigenvalue weighted by Crippen LogP contribution is -2.42. The number of hydrogen-bond donors (Lipinski definition) is 4. The van der Waals surface area contributed by atoms with E-state index in [1.807, 2.05) is 37.3 Å². The molecule has 1 aromatic heterocycles. The van der Waals surface area contributed by atoms with E-state index in [0.717, 1.165) is 11.3 Å². The van der Waals surface area contributed by atoms with E-state index in [4.69, 9.17) is 14.9 Å². The van der Waals surface area contributed by atoms with Gasteiger partial charge < -0.3 is 14.9 Å². The summed E-state index contributed by atoms with van der Waals surface area (Å²) in [5.74, 6) is -0.256. The number of rotatable bonds is 6. The Morgan fingerprint density at radius 3 is 2.71 bits per heavy atom. The molecular formula is C22H23N5O4. The maximum atomic E-state index is 12.6. The molecule has 4 rings (SSSR count). The van der Waals surface area contributed by atoms with Crippen molar-refractivity contribution in [2.45, 2.75) is 25.4 Å². The number of nitrogens with two attached hydrogens (primary N) is 1. The molecule has 0 spiro atoms. The van der Waals surface area contributed by atoms with Crippen molar-refractivity contribution in [3.05, 3.63) is 71.3 Å². The van der Waals surface area contributed by atoms with E-state index in [1.54, 1.807) is 24.3 Å². The minimum Gasteiger partial charge on any atom is -0.494 e. The van der Waals surface area contributed by atoms with Crippen LogP contribution in [0.15, 0.2) is 64.1 Å². The van der Waals surface area contributed by atoms with Crippen LogP contribution in [0.25, 0.3) is 11.0 Å². The van der Waals surface area contributed by atoms with Gasteiger partial charge in [0.25, 0.3) is 11.8 Å². The smallest absolute Gasteiger partial charge is 0.258 e. The zero-order valence-electron chi connectivity index (χ0n) is 16.9. The van der Waals surface area contributed by atoms with E-state index in [0.29, 0.717) is 24.0 Å². The third-order valence-electron chi connectivity index (χ3n) is 5.00. The molecule has 9 nitrogen and oxygen atoms in total. The first-order valence-electron chi connectivity index (χ1n) is 9.95. The number of nitrogens with zero attached hydrogens (tertiary/aromatic N) is 1. The number of amides is 2. The van der Waals surface area contributed by atoms with Crippen molar-refractivity contribution in [1.29, 1.82) is 0 Å². The van der Waals surface area contributed by atoms with Gasteiger partial charge in [-0.2, -0.15) is 0 Å². The molecule has 0 aliphatic carbocycles. The number of fused-ring (bicyclic) bond motifs is 1. The maximum absolute atomic E-state index is 12.6. The Labute approximate surface area is 178 Å². The summed E-state index contributed by atoms with van der Waals surface area (Å²) in [7, 11) is 0. The molecule has 2 heterocycles. The monoisotopic (exact) mass is 421 g/mol. The fourth-order valence-electron chi connectivity index (χ4n) is 3.42. The van der Waals surface area contributed by atoms with E-state index in [2.05, 4.69) is 21.4 Å². The molecule has 2 amide bonds. The van der Waals surface area contributed by atoms with Crippen LogP contribution in [0.1, 0.15) is 35.3 Å². The molecular weight excluding hydrogens is 398 g/mol. The van der Waals surface area contributed by atoms with Crippen LogP contribution < -0.4 is 32.3 Å². The molecule has 3 aromatic rings. The predicted molar refractivity (Wildman–Crippen MR) is 113 cm³/mol. The van der Waals surface area contributed by atoms with Gasteiger partial charge in [-0.05, 0) is 43.2 Å². The van der Waals surface area contributed by atoms with Crippen LogP contribution in [0.2, 0.25) is 0 Å². The van der Waals surface area contributed by atoms with Gasteiger partial charge in [-0.25, -0.2) is 16.3 Å². The van der Waals surface area contributed by atoms with Crippen LogP contribution in [0.3, 0.4) is 0 Å². The number of carbonyl (C=O) groups excluding carboxylic acids is 2. The van der Waals surface area contributed by atoms with Gasteiger partial charge in [-0.1, -0.05) is 30.3 Å². The Hall–Kier alpha value is -3.69. The van der Waals surface area contributed by atoms with Crippen molar-refractivity contribution in [1.82, 2.24) is 16.3 Å². The summed E-state index contributed by atoms with van der Waals surface area (Å²) in [6.07, 6.45) is 0.521. The molecule has 9 heteroatoms. The molecule has 1 aliphatic rings. The van der Waals surface area contributed by atoms with Gasteiger partial charge in [0.05, 0.1) is 6.61 Å². The van der Waals surface area contributed by atoms with Crippen LogP contribution in [-0.4, -0.2) is 24.5 Å². The highest BCUT2D eigenvalue weighted by molar-refractivity contribution is 5.95. The molecule has 31 heavy (non-hydrogen) atoms. The normalized spacial score (nSPS) is 18.8. The van der Waals surface area contributed by atoms with Crippen LogP contribution in [0.4, 0.5) is 0 Å². The summed E-state index contributed by atoms with van der Waals surface area (Å²) in [4.78, 5) is 24.4. The van der Waals surface area contributed by atoms with Gasteiger partial charge in [0.15, 0.2) is 0 Å². The predicted octanol–water partition coefficient (Wildman–Crippen LogP) is 1.47. The summed E-state index contributed by atoms with van der Waals surface area (Å²) < 4.78 is 11.1. The number of hydrazine groups is 1. The molecule has 2 unspecified atom stereocenters. The molecule has 160 valence electrons. The van der Waals surface area contributed by atoms with E-state index in [9.17, 15) is 9.59 Å². The van der Waals surface area contributed by atoms with Crippen molar-refractivity contribution in [3.63, 3.8) is 0 Å². The van der Waals surface area contributed by atoms with Crippen LogP contribution >= 0.6 is 0 Å². The Bertz CT molecular complexity index is 1170. The molecule has 0 bridgehead atoms. The zero-order chi connectivity index (χ0) is 21.8. The van der Waals surface area contributed by atoms with Crippen molar-refractivity contribution >= 4 is 22.8 Å². The van der Waals surface area contributed by atoms with Crippen molar-refractivity contribution in [2.75, 3.05) is 6.61 Å². The Kier molecular flexibility index (Phi) is 5.96. The van der Waals surface area contributed by atoms with Gasteiger partial charge in [0.2, 0.25) is 5.55 Å². The number of carbonyl (C=O) groups is 2. The van der Waals surface area contributed by atoms with Crippen molar-refractivity contribution in [2.24, 2.45) is 10.8 Å². The molecule has 5 N–H and O–H groups in total. The van der Waals surface area contributed by atoms with E-state index in [1.165, 1.54) is 0 Å². The molecule has 1 saturated heterocycles. The fourth-order valence-corrected chi connectivity index (χ4v) is 3.42. The van der Waals surface area contributed by atoms with Gasteiger partial charge in [-0.15, -0.1) is 5.10 Å². The topological polar surface area (TPSA) is 131 Å². The molecule has 2 aromatic carbocycles. The second-order valence-corrected chi connectivity index (χ2v) is 7.09. The van der Waals surface area contributed by atoms with Crippen molar-refractivity contribution < 1.29 is 18.7 Å². The lowest BCUT2D eigenvalue weighted by atomic mass is 10.0. The number of ether oxygens (including phenoxy) is 1. The summed E-state index contributed by atoms with van der Waals surface area (Å²) >= 11 is 0. The number of hydrogen-bond acceptors (Lipinski definition) is 7. The zero-order valence-corrected chi connectivity index (χ0v) is 16.9. The SMILES string of the molecule is CCOc1ccc(C2CC(C(=O)N/N=c3\oc4ccccc4cc3C(N)=O)NN2)cc1. The molecule has 0 radical (unpaired) electrons. The Balaban J connectivity index is 1.47. The lowest BCUT2D eigenvalue weighted by Gasteiger charge is -2.10. The van der Waals surface area contributed by atoms with Crippen LogP contribution in [0.5, 0.6) is 5.75 Å². The average molecular weight is 421 g/mol. The number of benzene rings is 2. The first kappa shape index (κ1) is 20.6. The van der Waals surface area contributed by atoms with E-state index in [-0.39, 0.29) is 23.1 Å². The number of nitrogens with one attached hydrogen (secondary N) is 3. The third-order valence-corrected chi connectivity index (χ3v) is 5.00. The van der Waals surface area contributed by atoms with Crippen LogP contribution in [-0.2, 0) is 4.79 Å². The van der Waals surface area contributed by atoms with Gasteiger partial charge in [-0.3, -0.25) is 9.59 Å². The second-order valence-electron chi connectivity index (χ2n) is 7.09. The largest absolute Gasteiger partial charge is 0.494 e. The van der Waals surface area contributed by atoms with E-state index >= 15 is 0 Å². The molecule has 2 atom stereocenters. The van der Waals surface area contributed by atoms with E-state index < -0.39 is 11.9 Å².